The van der Waals surface area contributed by atoms with Gasteiger partial charge < -0.3 is 9.80 Å². The Morgan fingerprint density at radius 2 is 1.86 bits per heavy atom. The van der Waals surface area contributed by atoms with Crippen molar-refractivity contribution in [2.45, 2.75) is 6.92 Å². The van der Waals surface area contributed by atoms with Crippen LogP contribution in [0.15, 0.2) is 34.9 Å². The summed E-state index contributed by atoms with van der Waals surface area (Å²) in [6.45, 7) is 5.41. The molecule has 1 aliphatic heterocycles. The standard InChI is InChI=1S/C16H16BrN5/c1-12-14(17)4-5-15(20-12)21-7-9-22(10-8-21)16-13(11-18)3-2-6-19-16/h2-6H,7-10H2,1H3. The zero-order chi connectivity index (χ0) is 15.5. The van der Waals surface area contributed by atoms with Gasteiger partial charge >= 0.3 is 0 Å². The van der Waals surface area contributed by atoms with E-state index < -0.39 is 0 Å². The SMILES string of the molecule is Cc1nc(N2CCN(c3ncccc3C#N)CC2)ccc1Br. The van der Waals surface area contributed by atoms with Gasteiger partial charge in [0.15, 0.2) is 0 Å². The van der Waals surface area contributed by atoms with Crippen LogP contribution in [0.1, 0.15) is 11.3 Å². The molecule has 22 heavy (non-hydrogen) atoms. The average Bonchev–Trinajstić information content (AvgIpc) is 2.57. The van der Waals surface area contributed by atoms with Gasteiger partial charge in [-0.15, -0.1) is 0 Å². The van der Waals surface area contributed by atoms with Crippen LogP contribution in [0.5, 0.6) is 0 Å². The van der Waals surface area contributed by atoms with Crippen LogP contribution in [0.25, 0.3) is 0 Å². The van der Waals surface area contributed by atoms with E-state index in [-0.39, 0.29) is 0 Å². The smallest absolute Gasteiger partial charge is 0.146 e. The Balaban J connectivity index is 1.72. The Labute approximate surface area is 138 Å². The second-order valence-corrected chi connectivity index (χ2v) is 6.05. The molecule has 6 heteroatoms. The van der Waals surface area contributed by atoms with Gasteiger partial charge in [-0.1, -0.05) is 0 Å². The Hall–Kier alpha value is -2.13. The predicted octanol–water partition coefficient (Wildman–Crippen LogP) is 2.75. The highest BCUT2D eigenvalue weighted by atomic mass is 79.9. The molecule has 3 heterocycles. The summed E-state index contributed by atoms with van der Waals surface area (Å²) >= 11 is 3.48. The van der Waals surface area contributed by atoms with Crippen LogP contribution in [-0.2, 0) is 0 Å². The van der Waals surface area contributed by atoms with Crippen molar-refractivity contribution in [2.24, 2.45) is 0 Å². The van der Waals surface area contributed by atoms with E-state index in [0.717, 1.165) is 48.0 Å². The maximum Gasteiger partial charge on any atom is 0.146 e. The summed E-state index contributed by atoms with van der Waals surface area (Å²) in [5, 5.41) is 9.19. The monoisotopic (exact) mass is 357 g/mol. The Kier molecular flexibility index (Phi) is 4.25. The number of aromatic nitrogens is 2. The molecule has 1 saturated heterocycles. The van der Waals surface area contributed by atoms with E-state index in [0.29, 0.717) is 5.56 Å². The maximum absolute atomic E-state index is 9.19. The summed E-state index contributed by atoms with van der Waals surface area (Å²) in [7, 11) is 0. The highest BCUT2D eigenvalue weighted by Gasteiger charge is 2.21. The largest absolute Gasteiger partial charge is 0.353 e. The van der Waals surface area contributed by atoms with Gasteiger partial charge in [0, 0.05) is 36.8 Å². The van der Waals surface area contributed by atoms with Crippen molar-refractivity contribution in [2.75, 3.05) is 36.0 Å². The number of pyridine rings is 2. The van der Waals surface area contributed by atoms with Gasteiger partial charge in [0.1, 0.15) is 17.7 Å². The summed E-state index contributed by atoms with van der Waals surface area (Å²) in [4.78, 5) is 13.4. The van der Waals surface area contributed by atoms with Crippen molar-refractivity contribution in [3.05, 3.63) is 46.2 Å². The summed E-state index contributed by atoms with van der Waals surface area (Å²) in [5.41, 5.74) is 1.63. The molecule has 0 unspecified atom stereocenters. The fourth-order valence-corrected chi connectivity index (χ4v) is 2.81. The summed E-state index contributed by atoms with van der Waals surface area (Å²) in [5.74, 6) is 1.78. The van der Waals surface area contributed by atoms with E-state index in [9.17, 15) is 5.26 Å². The molecule has 0 aromatic carbocycles. The lowest BCUT2D eigenvalue weighted by atomic mass is 10.2. The molecule has 0 bridgehead atoms. The van der Waals surface area contributed by atoms with Crippen LogP contribution >= 0.6 is 15.9 Å². The zero-order valence-corrected chi connectivity index (χ0v) is 13.9. The van der Waals surface area contributed by atoms with Gasteiger partial charge in [0.05, 0.1) is 11.3 Å². The number of halogens is 1. The molecule has 2 aromatic rings. The van der Waals surface area contributed by atoms with Crippen molar-refractivity contribution >= 4 is 27.6 Å². The van der Waals surface area contributed by atoms with Crippen molar-refractivity contribution in [3.63, 3.8) is 0 Å². The first-order chi connectivity index (χ1) is 10.7. The van der Waals surface area contributed by atoms with Crippen molar-refractivity contribution in [3.8, 4) is 6.07 Å². The number of nitriles is 1. The molecule has 2 aromatic heterocycles. The maximum atomic E-state index is 9.19. The van der Waals surface area contributed by atoms with Gasteiger partial charge in [-0.2, -0.15) is 5.26 Å². The molecule has 0 amide bonds. The topological polar surface area (TPSA) is 56.1 Å². The number of aryl methyl sites for hydroxylation is 1. The third kappa shape index (κ3) is 2.90. The molecule has 0 saturated carbocycles. The highest BCUT2D eigenvalue weighted by Crippen LogP contribution is 2.22. The third-order valence-corrected chi connectivity index (χ3v) is 4.66. The van der Waals surface area contributed by atoms with E-state index in [1.54, 1.807) is 12.3 Å². The van der Waals surface area contributed by atoms with Crippen LogP contribution in [0.2, 0.25) is 0 Å². The fraction of sp³-hybridized carbons (Fsp3) is 0.312. The average molecular weight is 358 g/mol. The molecule has 3 rings (SSSR count). The number of piperazine rings is 1. The van der Waals surface area contributed by atoms with E-state index in [4.69, 9.17) is 0 Å². The van der Waals surface area contributed by atoms with Crippen LogP contribution in [0.3, 0.4) is 0 Å². The van der Waals surface area contributed by atoms with Crippen molar-refractivity contribution < 1.29 is 0 Å². The summed E-state index contributed by atoms with van der Waals surface area (Å²) < 4.78 is 1.03. The van der Waals surface area contributed by atoms with Crippen LogP contribution in [0, 0.1) is 18.3 Å². The lowest BCUT2D eigenvalue weighted by molar-refractivity contribution is 0.640. The molecule has 0 N–H and O–H groups in total. The first-order valence-electron chi connectivity index (χ1n) is 7.17. The predicted molar refractivity (Wildman–Crippen MR) is 90.1 cm³/mol. The van der Waals surface area contributed by atoms with Gasteiger partial charge in [-0.25, -0.2) is 9.97 Å². The fourth-order valence-electron chi connectivity index (χ4n) is 2.59. The van der Waals surface area contributed by atoms with Crippen LogP contribution in [-0.4, -0.2) is 36.1 Å². The van der Waals surface area contributed by atoms with Crippen molar-refractivity contribution in [1.29, 1.82) is 5.26 Å². The zero-order valence-electron chi connectivity index (χ0n) is 12.3. The summed E-state index contributed by atoms with van der Waals surface area (Å²) in [6, 6.07) is 9.90. The Morgan fingerprint density at radius 1 is 1.14 bits per heavy atom. The minimum atomic E-state index is 0.633. The molecular weight excluding hydrogens is 342 g/mol. The van der Waals surface area contributed by atoms with Gasteiger partial charge in [-0.3, -0.25) is 0 Å². The minimum Gasteiger partial charge on any atom is -0.353 e. The molecule has 0 radical (unpaired) electrons. The Morgan fingerprint density at radius 3 is 2.55 bits per heavy atom. The molecule has 1 aliphatic rings. The molecule has 112 valence electrons. The summed E-state index contributed by atoms with van der Waals surface area (Å²) in [6.07, 6.45) is 1.74. The Bertz CT molecular complexity index is 717. The van der Waals surface area contributed by atoms with Gasteiger partial charge in [-0.05, 0) is 47.1 Å². The van der Waals surface area contributed by atoms with Crippen LogP contribution in [0.4, 0.5) is 11.6 Å². The first-order valence-corrected chi connectivity index (χ1v) is 7.96. The number of hydrogen-bond donors (Lipinski definition) is 0. The molecule has 0 aliphatic carbocycles. The van der Waals surface area contributed by atoms with E-state index in [1.165, 1.54) is 0 Å². The number of hydrogen-bond acceptors (Lipinski definition) is 5. The normalized spacial score (nSPS) is 14.8. The highest BCUT2D eigenvalue weighted by molar-refractivity contribution is 9.10. The molecule has 5 nitrogen and oxygen atoms in total. The first kappa shape index (κ1) is 14.8. The minimum absolute atomic E-state index is 0.633. The molecule has 0 atom stereocenters. The van der Waals surface area contributed by atoms with Crippen molar-refractivity contribution in [1.82, 2.24) is 9.97 Å². The quantitative estimate of drug-likeness (QED) is 0.826. The third-order valence-electron chi connectivity index (χ3n) is 3.82. The van der Waals surface area contributed by atoms with E-state index in [2.05, 4.69) is 41.8 Å². The number of rotatable bonds is 2. The van der Waals surface area contributed by atoms with E-state index in [1.807, 2.05) is 25.1 Å². The van der Waals surface area contributed by atoms with Crippen LogP contribution < -0.4 is 9.80 Å². The number of anilines is 2. The van der Waals surface area contributed by atoms with E-state index >= 15 is 0 Å². The molecular formula is C16H16BrN5. The second-order valence-electron chi connectivity index (χ2n) is 5.20. The van der Waals surface area contributed by atoms with Gasteiger partial charge in [0.25, 0.3) is 0 Å². The lowest BCUT2D eigenvalue weighted by Gasteiger charge is -2.36. The second kappa shape index (κ2) is 6.32. The van der Waals surface area contributed by atoms with Gasteiger partial charge in [0.2, 0.25) is 0 Å². The number of nitrogens with zero attached hydrogens (tertiary/aromatic N) is 5. The molecule has 0 spiro atoms. The lowest BCUT2D eigenvalue weighted by Crippen LogP contribution is -2.47. The molecule has 1 fully saturated rings.